The summed E-state index contributed by atoms with van der Waals surface area (Å²) in [4.78, 5) is 43.0. The Labute approximate surface area is 209 Å². The van der Waals surface area contributed by atoms with E-state index in [-0.39, 0.29) is 29.7 Å². The molecule has 1 saturated carbocycles. The van der Waals surface area contributed by atoms with Gasteiger partial charge in [0.25, 0.3) is 11.5 Å². The number of aryl methyl sites for hydroxylation is 1. The maximum absolute atomic E-state index is 13.0. The predicted octanol–water partition coefficient (Wildman–Crippen LogP) is 3.95. The molecule has 188 valence electrons. The van der Waals surface area contributed by atoms with Gasteiger partial charge in [0.1, 0.15) is 11.6 Å². The lowest BCUT2D eigenvalue weighted by Gasteiger charge is -2.19. The van der Waals surface area contributed by atoms with Crippen LogP contribution in [0.1, 0.15) is 66.3 Å². The normalized spacial score (nSPS) is 16.4. The fourth-order valence-corrected chi connectivity index (χ4v) is 4.87. The molecule has 1 fully saturated rings. The Morgan fingerprint density at radius 3 is 2.61 bits per heavy atom. The third-order valence-corrected chi connectivity index (χ3v) is 7.02. The van der Waals surface area contributed by atoms with Gasteiger partial charge in [0.2, 0.25) is 0 Å². The highest BCUT2D eigenvalue weighted by atomic mass is 16.5. The lowest BCUT2D eigenvalue weighted by atomic mass is 10.0. The molecular formula is C28H31N3O5. The Balaban J connectivity index is 1.25. The fraction of sp³-hybridized carbons (Fsp3) is 0.429. The monoisotopic (exact) mass is 489 g/mol. The van der Waals surface area contributed by atoms with Gasteiger partial charge in [-0.15, -0.1) is 0 Å². The van der Waals surface area contributed by atoms with E-state index >= 15 is 0 Å². The Morgan fingerprint density at radius 1 is 1.08 bits per heavy atom. The molecule has 8 heteroatoms. The molecule has 36 heavy (non-hydrogen) atoms. The zero-order valence-corrected chi connectivity index (χ0v) is 20.5. The minimum Gasteiger partial charge on any atom is -0.497 e. The molecule has 2 aliphatic rings. The van der Waals surface area contributed by atoms with Crippen molar-refractivity contribution < 1.29 is 19.1 Å². The summed E-state index contributed by atoms with van der Waals surface area (Å²) in [5.74, 6) is 0.931. The fourth-order valence-electron chi connectivity index (χ4n) is 4.87. The Morgan fingerprint density at radius 2 is 1.86 bits per heavy atom. The first-order valence-corrected chi connectivity index (χ1v) is 12.7. The van der Waals surface area contributed by atoms with Crippen LogP contribution in [0.5, 0.6) is 5.75 Å². The number of fused-ring (bicyclic) bond motifs is 2. The third-order valence-electron chi connectivity index (χ3n) is 7.02. The minimum atomic E-state index is -0.617. The van der Waals surface area contributed by atoms with Crippen molar-refractivity contribution in [1.82, 2.24) is 14.9 Å². The van der Waals surface area contributed by atoms with Gasteiger partial charge in [0, 0.05) is 13.0 Å². The molecule has 2 aromatic carbocycles. The number of esters is 1. The largest absolute Gasteiger partial charge is 0.497 e. The number of ether oxygens (including phenoxy) is 2. The molecule has 3 aromatic rings. The topological polar surface area (TPSA) is 99.5 Å². The second-order valence-electron chi connectivity index (χ2n) is 9.61. The van der Waals surface area contributed by atoms with Gasteiger partial charge in [0.05, 0.1) is 29.6 Å². The summed E-state index contributed by atoms with van der Waals surface area (Å²) < 4.78 is 12.3. The van der Waals surface area contributed by atoms with Crippen LogP contribution in [-0.2, 0) is 22.5 Å². The second kappa shape index (κ2) is 10.5. The summed E-state index contributed by atoms with van der Waals surface area (Å²) in [5, 5.41) is 3.49. The van der Waals surface area contributed by atoms with Crippen molar-refractivity contribution in [1.29, 1.82) is 0 Å². The standard InChI is InChI=1S/C28H31N3O5/c1-35-21-12-9-19(10-13-21)26(18-7-8-18)30-25(32)17-36-28(34)20-11-14-22-23(16-20)29-24-6-4-2-3-5-15-31(24)27(22)33/h9-14,16,18,26H,2-8,15,17H2,1H3,(H,30,32). The third kappa shape index (κ3) is 5.27. The van der Waals surface area contributed by atoms with Crippen LogP contribution in [0, 0.1) is 5.92 Å². The van der Waals surface area contributed by atoms with Crippen molar-refractivity contribution in [3.63, 3.8) is 0 Å². The summed E-state index contributed by atoms with van der Waals surface area (Å²) >= 11 is 0. The van der Waals surface area contributed by atoms with E-state index in [9.17, 15) is 14.4 Å². The summed E-state index contributed by atoms with van der Waals surface area (Å²) in [6.07, 6.45) is 7.04. The second-order valence-corrected chi connectivity index (χ2v) is 9.61. The quantitative estimate of drug-likeness (QED) is 0.505. The van der Waals surface area contributed by atoms with Crippen LogP contribution >= 0.6 is 0 Å². The number of nitrogens with zero attached hydrogens (tertiary/aromatic N) is 2. The maximum atomic E-state index is 13.0. The Hall–Kier alpha value is -3.68. The molecule has 2 heterocycles. The molecule has 1 unspecified atom stereocenters. The molecule has 1 N–H and O–H groups in total. The van der Waals surface area contributed by atoms with Gasteiger partial charge in [-0.1, -0.05) is 25.0 Å². The van der Waals surface area contributed by atoms with Gasteiger partial charge in [-0.3, -0.25) is 14.2 Å². The van der Waals surface area contributed by atoms with Crippen molar-refractivity contribution >= 4 is 22.8 Å². The number of amides is 1. The number of methoxy groups -OCH3 is 1. The van der Waals surface area contributed by atoms with E-state index in [4.69, 9.17) is 14.5 Å². The van der Waals surface area contributed by atoms with Crippen LogP contribution in [0.4, 0.5) is 0 Å². The van der Waals surface area contributed by atoms with E-state index in [1.165, 1.54) is 0 Å². The molecule has 1 aromatic heterocycles. The summed E-state index contributed by atoms with van der Waals surface area (Å²) in [7, 11) is 1.61. The van der Waals surface area contributed by atoms with Gasteiger partial charge in [-0.05, 0) is 67.5 Å². The Kier molecular flexibility index (Phi) is 7.02. The number of carbonyl (C=O) groups excluding carboxylic acids is 2. The maximum Gasteiger partial charge on any atom is 0.338 e. The summed E-state index contributed by atoms with van der Waals surface area (Å²) in [6, 6.07) is 12.3. The van der Waals surface area contributed by atoms with Crippen molar-refractivity contribution in [3.8, 4) is 5.75 Å². The lowest BCUT2D eigenvalue weighted by molar-refractivity contribution is -0.125. The van der Waals surface area contributed by atoms with Crippen LogP contribution in [0.3, 0.4) is 0 Å². The molecule has 1 aliphatic carbocycles. The average Bonchev–Trinajstić information content (AvgIpc) is 3.72. The van der Waals surface area contributed by atoms with Crippen LogP contribution in [0.25, 0.3) is 10.9 Å². The van der Waals surface area contributed by atoms with E-state index in [2.05, 4.69) is 5.32 Å². The van der Waals surface area contributed by atoms with Crippen molar-refractivity contribution in [2.45, 2.75) is 57.5 Å². The van der Waals surface area contributed by atoms with E-state index in [1.54, 1.807) is 29.9 Å². The van der Waals surface area contributed by atoms with Gasteiger partial charge in [-0.25, -0.2) is 9.78 Å². The van der Waals surface area contributed by atoms with Crippen LogP contribution < -0.4 is 15.6 Å². The van der Waals surface area contributed by atoms with Gasteiger partial charge in [0.15, 0.2) is 6.61 Å². The molecule has 5 rings (SSSR count). The molecule has 1 atom stereocenters. The van der Waals surface area contributed by atoms with Crippen molar-refractivity contribution in [2.24, 2.45) is 5.92 Å². The molecule has 1 aliphatic heterocycles. The minimum absolute atomic E-state index is 0.0687. The highest BCUT2D eigenvalue weighted by molar-refractivity contribution is 5.95. The first kappa shape index (κ1) is 24.0. The molecule has 0 radical (unpaired) electrons. The van der Waals surface area contributed by atoms with E-state index in [0.29, 0.717) is 23.4 Å². The van der Waals surface area contributed by atoms with Crippen molar-refractivity contribution in [3.05, 3.63) is 69.8 Å². The van der Waals surface area contributed by atoms with Gasteiger partial charge in [-0.2, -0.15) is 0 Å². The van der Waals surface area contributed by atoms with Crippen molar-refractivity contribution in [2.75, 3.05) is 13.7 Å². The van der Waals surface area contributed by atoms with E-state index < -0.39 is 5.97 Å². The molecular weight excluding hydrogens is 458 g/mol. The zero-order valence-electron chi connectivity index (χ0n) is 20.5. The number of rotatable bonds is 7. The Bertz CT molecular complexity index is 1330. The van der Waals surface area contributed by atoms with E-state index in [0.717, 1.165) is 62.1 Å². The summed E-state index contributed by atoms with van der Waals surface area (Å²) in [5.41, 5.74) is 1.69. The zero-order chi connectivity index (χ0) is 25.1. The number of hydrogen-bond acceptors (Lipinski definition) is 6. The number of nitrogens with one attached hydrogen (secondary N) is 1. The van der Waals surface area contributed by atoms with Crippen LogP contribution in [-0.4, -0.2) is 35.1 Å². The number of benzene rings is 2. The smallest absolute Gasteiger partial charge is 0.338 e. The summed E-state index contributed by atoms with van der Waals surface area (Å²) in [6.45, 7) is 0.297. The lowest BCUT2D eigenvalue weighted by Crippen LogP contribution is -2.33. The number of aromatic nitrogens is 2. The van der Waals surface area contributed by atoms with Crippen LogP contribution in [0.2, 0.25) is 0 Å². The first-order valence-electron chi connectivity index (χ1n) is 12.7. The van der Waals surface area contributed by atoms with Crippen LogP contribution in [0.15, 0.2) is 47.3 Å². The first-order chi connectivity index (χ1) is 17.5. The van der Waals surface area contributed by atoms with Gasteiger partial charge < -0.3 is 14.8 Å². The predicted molar refractivity (Wildman–Crippen MR) is 135 cm³/mol. The molecule has 0 bridgehead atoms. The number of hydrogen-bond donors (Lipinski definition) is 1. The molecule has 0 spiro atoms. The molecule has 0 saturated heterocycles. The molecule has 8 nitrogen and oxygen atoms in total. The SMILES string of the molecule is COc1ccc(C(NC(=O)COC(=O)c2ccc3c(=O)n4c(nc3c2)CCCCCC4)C2CC2)cc1. The average molecular weight is 490 g/mol. The van der Waals surface area contributed by atoms with Gasteiger partial charge >= 0.3 is 5.97 Å². The molecule has 1 amide bonds. The van der Waals surface area contributed by atoms with E-state index in [1.807, 2.05) is 24.3 Å². The highest BCUT2D eigenvalue weighted by Crippen LogP contribution is 2.41. The number of carbonyl (C=O) groups is 2. The highest BCUT2D eigenvalue weighted by Gasteiger charge is 2.33.